The molecular formula is C24H29N3O3S. The minimum atomic E-state index is -3.91. The van der Waals surface area contributed by atoms with Crippen molar-refractivity contribution in [2.75, 3.05) is 0 Å². The van der Waals surface area contributed by atoms with Crippen LogP contribution in [-0.4, -0.2) is 25.3 Å². The van der Waals surface area contributed by atoms with Gasteiger partial charge in [0.25, 0.3) is 10.0 Å². The number of nitriles is 1. The molecule has 0 spiro atoms. The summed E-state index contributed by atoms with van der Waals surface area (Å²) < 4.78 is 26.6. The van der Waals surface area contributed by atoms with E-state index in [0.717, 1.165) is 30.4 Å². The molecule has 0 aliphatic heterocycles. The normalized spacial score (nSPS) is 14.6. The van der Waals surface area contributed by atoms with Crippen LogP contribution in [0.25, 0.3) is 11.1 Å². The van der Waals surface area contributed by atoms with Crippen molar-refractivity contribution < 1.29 is 13.2 Å². The summed E-state index contributed by atoms with van der Waals surface area (Å²) in [5.41, 5.74) is 2.30. The minimum Gasteiger partial charge on any atom is -0.335 e. The molecule has 164 valence electrons. The zero-order valence-electron chi connectivity index (χ0n) is 17.9. The van der Waals surface area contributed by atoms with E-state index in [-0.39, 0.29) is 10.8 Å². The second-order valence-electron chi connectivity index (χ2n) is 7.97. The van der Waals surface area contributed by atoms with Gasteiger partial charge >= 0.3 is 0 Å². The molecule has 1 aliphatic rings. The summed E-state index contributed by atoms with van der Waals surface area (Å²) in [5.74, 6) is 0.206. The number of rotatable bonds is 8. The molecule has 1 aliphatic carbocycles. The molecule has 0 atom stereocenters. The molecule has 1 saturated carbocycles. The van der Waals surface area contributed by atoms with Gasteiger partial charge in [0.05, 0.1) is 4.90 Å². The second kappa shape index (κ2) is 10.5. The molecule has 0 unspecified atom stereocenters. The lowest BCUT2D eigenvalue weighted by atomic mass is 9.93. The largest absolute Gasteiger partial charge is 0.335 e. The summed E-state index contributed by atoms with van der Waals surface area (Å²) in [6.07, 6.45) is 8.59. The molecule has 7 heteroatoms. The maximum atomic E-state index is 12.8. The quantitative estimate of drug-likeness (QED) is 0.482. The first-order chi connectivity index (χ1) is 15.0. The molecule has 0 radical (unpaired) electrons. The molecule has 1 fully saturated rings. The topological polar surface area (TPSA) is 90.3 Å². The fourth-order valence-electron chi connectivity index (χ4n) is 4.21. The van der Waals surface area contributed by atoms with Gasteiger partial charge in [-0.1, -0.05) is 68.7 Å². The Kier molecular flexibility index (Phi) is 7.69. The average molecular weight is 440 g/mol. The number of amides is 1. The van der Waals surface area contributed by atoms with Crippen LogP contribution in [0.3, 0.4) is 0 Å². The molecule has 3 rings (SSSR count). The maximum Gasteiger partial charge on any atom is 0.270 e. The van der Waals surface area contributed by atoms with E-state index in [1.54, 1.807) is 18.2 Å². The number of carbonyl (C=O) groups is 1. The van der Waals surface area contributed by atoms with Gasteiger partial charge in [-0.2, -0.15) is 5.26 Å². The lowest BCUT2D eigenvalue weighted by Crippen LogP contribution is -2.40. The first-order valence-electron chi connectivity index (χ1n) is 10.8. The number of nitrogens with one attached hydrogen (secondary N) is 1. The maximum absolute atomic E-state index is 12.8. The molecule has 0 bridgehead atoms. The van der Waals surface area contributed by atoms with Crippen molar-refractivity contribution >= 4 is 15.9 Å². The van der Waals surface area contributed by atoms with Crippen LogP contribution < -0.4 is 4.72 Å². The van der Waals surface area contributed by atoms with Crippen molar-refractivity contribution in [3.8, 4) is 17.3 Å². The van der Waals surface area contributed by atoms with Gasteiger partial charge in [0.2, 0.25) is 5.91 Å². The van der Waals surface area contributed by atoms with E-state index in [0.29, 0.717) is 24.6 Å². The summed E-state index contributed by atoms with van der Waals surface area (Å²) in [7, 11) is -3.91. The number of benzene rings is 2. The molecule has 1 N–H and O–H groups in total. The zero-order chi connectivity index (χ0) is 22.3. The Balaban J connectivity index is 1.84. The first-order valence-corrected chi connectivity index (χ1v) is 12.3. The molecule has 1 amide bonds. The molecule has 2 aromatic carbocycles. The van der Waals surface area contributed by atoms with Crippen molar-refractivity contribution in [1.29, 1.82) is 5.26 Å². The molecule has 6 nitrogen and oxygen atoms in total. The van der Waals surface area contributed by atoms with Crippen LogP contribution in [0, 0.1) is 11.5 Å². The SMILES string of the molecule is CCCC(=O)N(Cc1ccc(-c2ccccc2S(=O)(=O)NC#N)cc1)C1CCCCC1. The van der Waals surface area contributed by atoms with Gasteiger partial charge in [-0.25, -0.2) is 13.1 Å². The number of sulfonamides is 1. The van der Waals surface area contributed by atoms with Gasteiger partial charge in [0, 0.05) is 24.6 Å². The third-order valence-electron chi connectivity index (χ3n) is 5.77. The van der Waals surface area contributed by atoms with E-state index in [4.69, 9.17) is 5.26 Å². The Morgan fingerprint density at radius 2 is 1.77 bits per heavy atom. The minimum absolute atomic E-state index is 0.0613. The first kappa shape index (κ1) is 22.8. The van der Waals surface area contributed by atoms with Crippen molar-refractivity contribution in [1.82, 2.24) is 9.62 Å². The third-order valence-corrected chi connectivity index (χ3v) is 7.07. The summed E-state index contributed by atoms with van der Waals surface area (Å²) in [5, 5.41) is 8.76. The Labute approximate surface area is 184 Å². The molecule has 0 heterocycles. The van der Waals surface area contributed by atoms with Crippen LogP contribution in [0.2, 0.25) is 0 Å². The number of hydrogen-bond donors (Lipinski definition) is 1. The number of nitrogens with zero attached hydrogens (tertiary/aromatic N) is 2. The van der Waals surface area contributed by atoms with E-state index in [9.17, 15) is 13.2 Å². The molecular weight excluding hydrogens is 410 g/mol. The van der Waals surface area contributed by atoms with E-state index < -0.39 is 10.0 Å². The highest BCUT2D eigenvalue weighted by Crippen LogP contribution is 2.29. The Bertz CT molecular complexity index is 1040. The third kappa shape index (κ3) is 5.65. The van der Waals surface area contributed by atoms with E-state index >= 15 is 0 Å². The highest BCUT2D eigenvalue weighted by molar-refractivity contribution is 7.89. The van der Waals surface area contributed by atoms with Crippen LogP contribution in [0.15, 0.2) is 53.4 Å². The van der Waals surface area contributed by atoms with Crippen LogP contribution in [0.4, 0.5) is 0 Å². The van der Waals surface area contributed by atoms with Crippen molar-refractivity contribution in [2.45, 2.75) is 69.4 Å². The van der Waals surface area contributed by atoms with E-state index in [1.807, 2.05) is 40.8 Å². The van der Waals surface area contributed by atoms with Crippen molar-refractivity contribution in [3.63, 3.8) is 0 Å². The Hall–Kier alpha value is -2.85. The smallest absolute Gasteiger partial charge is 0.270 e. The highest BCUT2D eigenvalue weighted by atomic mass is 32.2. The Morgan fingerprint density at radius 3 is 2.42 bits per heavy atom. The second-order valence-corrected chi connectivity index (χ2v) is 9.62. The van der Waals surface area contributed by atoms with Gasteiger partial charge < -0.3 is 4.90 Å². The molecule has 0 aromatic heterocycles. The predicted molar refractivity (Wildman–Crippen MR) is 120 cm³/mol. The highest BCUT2D eigenvalue weighted by Gasteiger charge is 2.25. The van der Waals surface area contributed by atoms with Crippen LogP contribution in [0.5, 0.6) is 0 Å². The summed E-state index contributed by atoms with van der Waals surface area (Å²) in [6.45, 7) is 2.60. The molecule has 0 saturated heterocycles. The fraction of sp³-hybridized carbons (Fsp3) is 0.417. The van der Waals surface area contributed by atoms with Gasteiger partial charge in [0.1, 0.15) is 0 Å². The van der Waals surface area contributed by atoms with Crippen LogP contribution in [-0.2, 0) is 21.4 Å². The predicted octanol–water partition coefficient (Wildman–Crippen LogP) is 4.57. The average Bonchev–Trinajstić information content (AvgIpc) is 2.78. The van der Waals surface area contributed by atoms with Gasteiger partial charge in [0.15, 0.2) is 6.19 Å². The Morgan fingerprint density at radius 1 is 1.10 bits per heavy atom. The molecule has 2 aromatic rings. The summed E-state index contributed by atoms with van der Waals surface area (Å²) in [6, 6.07) is 14.6. The zero-order valence-corrected chi connectivity index (χ0v) is 18.7. The summed E-state index contributed by atoms with van der Waals surface area (Å²) >= 11 is 0. The lowest BCUT2D eigenvalue weighted by Gasteiger charge is -2.34. The summed E-state index contributed by atoms with van der Waals surface area (Å²) in [4.78, 5) is 14.9. The van der Waals surface area contributed by atoms with E-state index in [2.05, 4.69) is 0 Å². The van der Waals surface area contributed by atoms with Crippen LogP contribution >= 0.6 is 0 Å². The molecule has 31 heavy (non-hydrogen) atoms. The van der Waals surface area contributed by atoms with E-state index in [1.165, 1.54) is 31.5 Å². The standard InChI is InChI=1S/C24H29N3O3S/c1-2-8-24(28)27(21-9-4-3-5-10-21)17-19-13-15-20(16-14-19)22-11-6-7-12-23(22)31(29,30)26-18-25/h6-7,11-16,21,26H,2-5,8-10,17H2,1H3. The van der Waals surface area contributed by atoms with Gasteiger partial charge in [-0.15, -0.1) is 0 Å². The van der Waals surface area contributed by atoms with Crippen LogP contribution in [0.1, 0.15) is 57.4 Å². The van der Waals surface area contributed by atoms with Gasteiger partial charge in [-0.3, -0.25) is 4.79 Å². The van der Waals surface area contributed by atoms with Crippen molar-refractivity contribution in [3.05, 3.63) is 54.1 Å². The van der Waals surface area contributed by atoms with Gasteiger partial charge in [-0.05, 0) is 36.5 Å². The number of hydrogen-bond acceptors (Lipinski definition) is 4. The fourth-order valence-corrected chi connectivity index (χ4v) is 5.18. The lowest BCUT2D eigenvalue weighted by molar-refractivity contribution is -0.135. The van der Waals surface area contributed by atoms with Crippen molar-refractivity contribution in [2.24, 2.45) is 0 Å². The monoisotopic (exact) mass is 439 g/mol. The number of carbonyl (C=O) groups excluding carboxylic acids is 1.